The van der Waals surface area contributed by atoms with E-state index in [1.54, 1.807) is 0 Å². The van der Waals surface area contributed by atoms with E-state index in [0.717, 1.165) is 22.7 Å². The van der Waals surface area contributed by atoms with Gasteiger partial charge in [0.05, 0.1) is 5.52 Å². The monoisotopic (exact) mass is 602 g/mol. The van der Waals surface area contributed by atoms with Gasteiger partial charge in [0, 0.05) is 39.7 Å². The molecular formula is C45H34N2. The molecule has 9 rings (SSSR count). The molecule has 0 saturated heterocycles. The van der Waals surface area contributed by atoms with E-state index in [9.17, 15) is 0 Å². The highest BCUT2D eigenvalue weighted by atomic mass is 15.1. The first-order valence-corrected chi connectivity index (χ1v) is 16.3. The smallest absolute Gasteiger partial charge is 0.0529 e. The summed E-state index contributed by atoms with van der Waals surface area (Å²) < 4.78 is 2.28. The first kappa shape index (κ1) is 27.5. The van der Waals surface area contributed by atoms with E-state index < -0.39 is 0 Å². The van der Waals surface area contributed by atoms with Gasteiger partial charge in [-0.3, -0.25) is 0 Å². The van der Waals surface area contributed by atoms with E-state index in [1.165, 1.54) is 55.1 Å². The molecular weight excluding hydrogens is 569 g/mol. The zero-order valence-corrected chi connectivity index (χ0v) is 26.6. The fourth-order valence-corrected chi connectivity index (χ4v) is 7.53. The summed E-state index contributed by atoms with van der Waals surface area (Å²) in [6, 6.07) is 59.7. The van der Waals surface area contributed by atoms with Crippen molar-refractivity contribution < 1.29 is 0 Å². The molecule has 1 aliphatic rings. The van der Waals surface area contributed by atoms with Crippen LogP contribution in [0.4, 0.5) is 17.1 Å². The van der Waals surface area contributed by atoms with Gasteiger partial charge in [-0.15, -0.1) is 0 Å². The Balaban J connectivity index is 1.16. The summed E-state index contributed by atoms with van der Waals surface area (Å²) in [6.07, 6.45) is 2.18. The molecule has 0 amide bonds. The van der Waals surface area contributed by atoms with Crippen LogP contribution in [0.3, 0.4) is 0 Å². The number of hydrogen-bond acceptors (Lipinski definition) is 1. The van der Waals surface area contributed by atoms with E-state index in [2.05, 4.69) is 193 Å². The molecule has 2 nitrogen and oxygen atoms in total. The number of benzene rings is 7. The van der Waals surface area contributed by atoms with Crippen LogP contribution in [0, 0.1) is 0 Å². The lowest BCUT2D eigenvalue weighted by molar-refractivity contribution is 0.660. The predicted molar refractivity (Wildman–Crippen MR) is 198 cm³/mol. The lowest BCUT2D eigenvalue weighted by Gasteiger charge is -2.28. The highest BCUT2D eigenvalue weighted by molar-refractivity contribution is 5.93. The van der Waals surface area contributed by atoms with E-state index in [1.807, 2.05) is 0 Å². The molecule has 0 fully saturated rings. The van der Waals surface area contributed by atoms with E-state index in [0.29, 0.717) is 0 Å². The van der Waals surface area contributed by atoms with Crippen molar-refractivity contribution in [3.05, 3.63) is 181 Å². The van der Waals surface area contributed by atoms with E-state index in [-0.39, 0.29) is 5.41 Å². The third-order valence-corrected chi connectivity index (χ3v) is 10.0. The number of hydrogen-bond donors (Lipinski definition) is 0. The fourth-order valence-electron chi connectivity index (χ4n) is 7.53. The predicted octanol–water partition coefficient (Wildman–Crippen LogP) is 12.2. The summed E-state index contributed by atoms with van der Waals surface area (Å²) in [6.45, 7) is 4.70. The molecule has 8 aromatic rings. The quantitative estimate of drug-likeness (QED) is 0.190. The average molecular weight is 603 g/mol. The minimum Gasteiger partial charge on any atom is -0.317 e. The van der Waals surface area contributed by atoms with Crippen LogP contribution in [0.25, 0.3) is 49.6 Å². The molecule has 0 bridgehead atoms. The van der Waals surface area contributed by atoms with E-state index in [4.69, 9.17) is 0 Å². The van der Waals surface area contributed by atoms with Crippen LogP contribution in [0.1, 0.15) is 25.0 Å². The maximum absolute atomic E-state index is 2.41. The van der Waals surface area contributed by atoms with Gasteiger partial charge in [-0.2, -0.15) is 0 Å². The minimum absolute atomic E-state index is 0.0752. The Hall–Kier alpha value is -5.86. The van der Waals surface area contributed by atoms with Crippen LogP contribution >= 0.6 is 0 Å². The Morgan fingerprint density at radius 1 is 0.447 bits per heavy atom. The van der Waals surface area contributed by atoms with Crippen LogP contribution in [-0.4, -0.2) is 4.57 Å². The Morgan fingerprint density at radius 2 is 1.06 bits per heavy atom. The Kier molecular flexibility index (Phi) is 6.20. The molecule has 1 heterocycles. The fraction of sp³-hybridized carbons (Fsp3) is 0.0667. The number of nitrogens with zero attached hydrogens (tertiary/aromatic N) is 2. The summed E-state index contributed by atoms with van der Waals surface area (Å²) in [5, 5.41) is 3.68. The lowest BCUT2D eigenvalue weighted by atomic mass is 9.82. The molecule has 0 saturated carbocycles. The Bertz CT molecular complexity index is 2430. The third-order valence-electron chi connectivity index (χ3n) is 10.0. The van der Waals surface area contributed by atoms with Gasteiger partial charge in [0.15, 0.2) is 0 Å². The minimum atomic E-state index is -0.0752. The Labute approximate surface area is 275 Å². The van der Waals surface area contributed by atoms with Gasteiger partial charge in [0.2, 0.25) is 0 Å². The van der Waals surface area contributed by atoms with Gasteiger partial charge in [-0.25, -0.2) is 0 Å². The van der Waals surface area contributed by atoms with Crippen LogP contribution in [0.15, 0.2) is 170 Å². The van der Waals surface area contributed by atoms with Gasteiger partial charge in [-0.05, 0) is 105 Å². The average Bonchev–Trinajstić information content (AvgIpc) is 3.65. The molecule has 1 aliphatic carbocycles. The van der Waals surface area contributed by atoms with Crippen LogP contribution in [-0.2, 0) is 5.41 Å². The van der Waals surface area contributed by atoms with E-state index >= 15 is 0 Å². The second kappa shape index (κ2) is 10.6. The highest BCUT2D eigenvalue weighted by Crippen LogP contribution is 2.50. The van der Waals surface area contributed by atoms with Crippen molar-refractivity contribution in [1.29, 1.82) is 0 Å². The number of anilines is 3. The number of aromatic nitrogens is 1. The lowest BCUT2D eigenvalue weighted by Crippen LogP contribution is -2.16. The highest BCUT2D eigenvalue weighted by Gasteiger charge is 2.35. The zero-order valence-electron chi connectivity index (χ0n) is 26.6. The normalized spacial score (nSPS) is 13.1. The molecule has 7 aromatic carbocycles. The largest absolute Gasteiger partial charge is 0.317 e. The summed E-state index contributed by atoms with van der Waals surface area (Å²) in [5.41, 5.74) is 13.6. The molecule has 0 aliphatic heterocycles. The van der Waals surface area contributed by atoms with Crippen LogP contribution in [0.5, 0.6) is 0 Å². The van der Waals surface area contributed by atoms with Gasteiger partial charge >= 0.3 is 0 Å². The summed E-state index contributed by atoms with van der Waals surface area (Å²) in [7, 11) is 0. The molecule has 47 heavy (non-hydrogen) atoms. The van der Waals surface area contributed by atoms with Crippen LogP contribution < -0.4 is 4.90 Å². The summed E-state index contributed by atoms with van der Waals surface area (Å²) in [5.74, 6) is 0. The molecule has 0 unspecified atom stereocenters. The van der Waals surface area contributed by atoms with Crippen molar-refractivity contribution in [2.24, 2.45) is 0 Å². The van der Waals surface area contributed by atoms with Crippen LogP contribution in [0.2, 0.25) is 0 Å². The summed E-state index contributed by atoms with van der Waals surface area (Å²) in [4.78, 5) is 2.41. The van der Waals surface area contributed by atoms with Crippen molar-refractivity contribution in [1.82, 2.24) is 4.57 Å². The van der Waals surface area contributed by atoms with Gasteiger partial charge < -0.3 is 9.47 Å². The number of rotatable bonds is 5. The first-order chi connectivity index (χ1) is 23.0. The molecule has 2 heteroatoms. The standard InChI is InChI=1S/C45H34N2/c1-45(2)42-15-9-8-14-40(42)41-24-22-39(30-43(41)45)47(37-21-18-32-12-6-7-13-34(32)28-37)38-23-25-44-35(29-38)26-27-46(44)36-19-16-33(17-20-36)31-10-4-3-5-11-31/h3-30H,1-2H3. The molecule has 0 atom stereocenters. The molecule has 0 radical (unpaired) electrons. The zero-order chi connectivity index (χ0) is 31.5. The molecule has 0 spiro atoms. The molecule has 224 valence electrons. The van der Waals surface area contributed by atoms with Crippen molar-refractivity contribution >= 4 is 38.7 Å². The molecule has 0 N–H and O–H groups in total. The van der Waals surface area contributed by atoms with Crippen molar-refractivity contribution in [2.45, 2.75) is 19.3 Å². The van der Waals surface area contributed by atoms with Crippen molar-refractivity contribution in [2.75, 3.05) is 4.90 Å². The van der Waals surface area contributed by atoms with Gasteiger partial charge in [0.25, 0.3) is 0 Å². The topological polar surface area (TPSA) is 8.17 Å². The second-order valence-corrected chi connectivity index (χ2v) is 13.1. The Morgan fingerprint density at radius 3 is 1.89 bits per heavy atom. The third kappa shape index (κ3) is 4.48. The maximum Gasteiger partial charge on any atom is 0.0529 e. The number of fused-ring (bicyclic) bond motifs is 5. The van der Waals surface area contributed by atoms with Gasteiger partial charge in [-0.1, -0.05) is 117 Å². The first-order valence-electron chi connectivity index (χ1n) is 16.3. The van der Waals surface area contributed by atoms with Gasteiger partial charge in [0.1, 0.15) is 0 Å². The second-order valence-electron chi connectivity index (χ2n) is 13.1. The molecule has 1 aromatic heterocycles. The van der Waals surface area contributed by atoms with Crippen molar-refractivity contribution in [3.8, 4) is 27.9 Å². The maximum atomic E-state index is 2.41. The summed E-state index contributed by atoms with van der Waals surface area (Å²) >= 11 is 0. The van der Waals surface area contributed by atoms with Crippen molar-refractivity contribution in [3.63, 3.8) is 0 Å². The SMILES string of the molecule is CC1(C)c2ccccc2-c2ccc(N(c3ccc4ccccc4c3)c3ccc4c(ccn4-c4ccc(-c5ccccc5)cc4)c3)cc21.